The van der Waals surface area contributed by atoms with Crippen LogP contribution in [0.5, 0.6) is 0 Å². The van der Waals surface area contributed by atoms with Crippen molar-refractivity contribution in [3.8, 4) is 0 Å². The van der Waals surface area contributed by atoms with Crippen LogP contribution in [0.25, 0.3) is 0 Å². The molecule has 1 aliphatic carbocycles. The van der Waals surface area contributed by atoms with Crippen molar-refractivity contribution in [3.63, 3.8) is 0 Å². The second-order valence-corrected chi connectivity index (χ2v) is 5.53. The van der Waals surface area contributed by atoms with Gasteiger partial charge in [0.15, 0.2) is 0 Å². The molecule has 0 aromatic heterocycles. The van der Waals surface area contributed by atoms with Crippen LogP contribution < -0.4 is 5.32 Å². The summed E-state index contributed by atoms with van der Waals surface area (Å²) in [7, 11) is 2.22. The Hall–Kier alpha value is -0.860. The number of nitrogens with one attached hydrogen (secondary N) is 1. The number of nitrogens with zero attached hydrogens (tertiary/aromatic N) is 1. The SMILES string of the molecule is CN1CCC(NC2CCc3ccccc32)CC1. The van der Waals surface area contributed by atoms with E-state index in [2.05, 4.69) is 41.5 Å². The summed E-state index contributed by atoms with van der Waals surface area (Å²) in [6, 6.07) is 10.3. The topological polar surface area (TPSA) is 15.3 Å². The molecule has 1 aromatic carbocycles. The Labute approximate surface area is 104 Å². The van der Waals surface area contributed by atoms with E-state index in [0.29, 0.717) is 6.04 Å². The second kappa shape index (κ2) is 4.79. The molecule has 0 saturated carbocycles. The van der Waals surface area contributed by atoms with Crippen LogP contribution in [0.3, 0.4) is 0 Å². The maximum Gasteiger partial charge on any atom is 0.0328 e. The van der Waals surface area contributed by atoms with Gasteiger partial charge in [-0.05, 0) is 56.9 Å². The second-order valence-electron chi connectivity index (χ2n) is 5.53. The Balaban J connectivity index is 1.64. The Kier molecular flexibility index (Phi) is 3.17. The number of hydrogen-bond donors (Lipinski definition) is 1. The number of fused-ring (bicyclic) bond motifs is 1. The highest BCUT2D eigenvalue weighted by molar-refractivity contribution is 5.34. The van der Waals surface area contributed by atoms with Gasteiger partial charge in [-0.2, -0.15) is 0 Å². The van der Waals surface area contributed by atoms with Crippen molar-refractivity contribution in [1.29, 1.82) is 0 Å². The van der Waals surface area contributed by atoms with Crippen LogP contribution in [0, 0.1) is 0 Å². The standard InChI is InChI=1S/C15H22N2/c1-17-10-8-13(9-11-17)16-15-7-6-12-4-2-3-5-14(12)15/h2-5,13,15-16H,6-11H2,1H3. The molecular weight excluding hydrogens is 208 g/mol. The number of piperidine rings is 1. The van der Waals surface area contributed by atoms with Crippen molar-refractivity contribution >= 4 is 0 Å². The molecule has 17 heavy (non-hydrogen) atoms. The van der Waals surface area contributed by atoms with Crippen LogP contribution in [0.1, 0.15) is 36.4 Å². The van der Waals surface area contributed by atoms with Crippen LogP contribution in [0.4, 0.5) is 0 Å². The lowest BCUT2D eigenvalue weighted by Crippen LogP contribution is -2.41. The molecule has 1 N–H and O–H groups in total. The van der Waals surface area contributed by atoms with Gasteiger partial charge >= 0.3 is 0 Å². The maximum absolute atomic E-state index is 3.87. The van der Waals surface area contributed by atoms with Crippen LogP contribution in [0.2, 0.25) is 0 Å². The van der Waals surface area contributed by atoms with Gasteiger partial charge in [0.2, 0.25) is 0 Å². The monoisotopic (exact) mass is 230 g/mol. The van der Waals surface area contributed by atoms with Gasteiger partial charge in [-0.25, -0.2) is 0 Å². The molecule has 1 aromatic rings. The van der Waals surface area contributed by atoms with Gasteiger partial charge in [-0.1, -0.05) is 24.3 Å². The van der Waals surface area contributed by atoms with E-state index in [1.807, 2.05) is 0 Å². The average Bonchev–Trinajstić information content (AvgIpc) is 2.76. The zero-order valence-corrected chi connectivity index (χ0v) is 10.7. The Morgan fingerprint density at radius 2 is 1.88 bits per heavy atom. The lowest BCUT2D eigenvalue weighted by molar-refractivity contribution is 0.224. The van der Waals surface area contributed by atoms with Gasteiger partial charge in [-0.15, -0.1) is 0 Å². The molecule has 1 fully saturated rings. The zero-order chi connectivity index (χ0) is 11.7. The number of rotatable bonds is 2. The minimum atomic E-state index is 0.611. The van der Waals surface area contributed by atoms with Gasteiger partial charge in [0.25, 0.3) is 0 Å². The van der Waals surface area contributed by atoms with E-state index in [-0.39, 0.29) is 0 Å². The summed E-state index contributed by atoms with van der Waals surface area (Å²) in [5.74, 6) is 0. The molecule has 0 radical (unpaired) electrons. The highest BCUT2D eigenvalue weighted by Crippen LogP contribution is 2.31. The highest BCUT2D eigenvalue weighted by Gasteiger charge is 2.25. The van der Waals surface area contributed by atoms with Gasteiger partial charge < -0.3 is 10.2 Å². The fourth-order valence-electron chi connectivity index (χ4n) is 3.19. The van der Waals surface area contributed by atoms with Crippen molar-refractivity contribution in [2.45, 2.75) is 37.8 Å². The first-order valence-corrected chi connectivity index (χ1v) is 6.85. The molecule has 1 atom stereocenters. The molecule has 1 heterocycles. The summed E-state index contributed by atoms with van der Waals surface area (Å²) < 4.78 is 0. The molecule has 1 unspecified atom stereocenters. The predicted molar refractivity (Wildman–Crippen MR) is 71.2 cm³/mol. The van der Waals surface area contributed by atoms with Crippen molar-refractivity contribution < 1.29 is 0 Å². The van der Waals surface area contributed by atoms with Crippen molar-refractivity contribution in [3.05, 3.63) is 35.4 Å². The molecule has 1 aliphatic heterocycles. The molecule has 2 aliphatic rings. The summed E-state index contributed by atoms with van der Waals surface area (Å²) in [4.78, 5) is 2.43. The smallest absolute Gasteiger partial charge is 0.0328 e. The summed E-state index contributed by atoms with van der Waals surface area (Å²) >= 11 is 0. The van der Waals surface area contributed by atoms with E-state index < -0.39 is 0 Å². The third kappa shape index (κ3) is 2.38. The lowest BCUT2D eigenvalue weighted by atomic mass is 10.0. The lowest BCUT2D eigenvalue weighted by Gasteiger charge is -2.31. The average molecular weight is 230 g/mol. The van der Waals surface area contributed by atoms with E-state index in [1.54, 1.807) is 11.1 Å². The molecule has 0 amide bonds. The van der Waals surface area contributed by atoms with Gasteiger partial charge in [0, 0.05) is 12.1 Å². The van der Waals surface area contributed by atoms with Crippen molar-refractivity contribution in [2.75, 3.05) is 20.1 Å². The van der Waals surface area contributed by atoms with E-state index in [9.17, 15) is 0 Å². The van der Waals surface area contributed by atoms with Gasteiger partial charge in [0.05, 0.1) is 0 Å². The van der Waals surface area contributed by atoms with Crippen molar-refractivity contribution in [1.82, 2.24) is 10.2 Å². The molecule has 92 valence electrons. The summed E-state index contributed by atoms with van der Waals surface area (Å²) in [5.41, 5.74) is 3.10. The van der Waals surface area contributed by atoms with E-state index >= 15 is 0 Å². The van der Waals surface area contributed by atoms with Crippen LogP contribution in [-0.4, -0.2) is 31.1 Å². The molecule has 0 bridgehead atoms. The van der Waals surface area contributed by atoms with Crippen LogP contribution >= 0.6 is 0 Å². The Morgan fingerprint density at radius 1 is 1.12 bits per heavy atom. The Morgan fingerprint density at radius 3 is 2.71 bits per heavy atom. The molecule has 2 heteroatoms. The minimum absolute atomic E-state index is 0.611. The predicted octanol–water partition coefficient (Wildman–Crippen LogP) is 2.36. The first-order valence-electron chi connectivity index (χ1n) is 6.85. The number of hydrogen-bond acceptors (Lipinski definition) is 2. The maximum atomic E-state index is 3.87. The third-order valence-electron chi connectivity index (χ3n) is 4.29. The largest absolute Gasteiger partial charge is 0.307 e. The van der Waals surface area contributed by atoms with Gasteiger partial charge in [-0.3, -0.25) is 0 Å². The summed E-state index contributed by atoms with van der Waals surface area (Å²) in [5, 5.41) is 3.87. The summed E-state index contributed by atoms with van der Waals surface area (Å²) in [6.45, 7) is 2.48. The normalized spacial score (nSPS) is 26.1. The molecular formula is C15H22N2. The van der Waals surface area contributed by atoms with E-state index in [0.717, 1.165) is 6.04 Å². The Bertz CT molecular complexity index is 380. The van der Waals surface area contributed by atoms with E-state index in [1.165, 1.54) is 38.8 Å². The number of aryl methyl sites for hydroxylation is 1. The minimum Gasteiger partial charge on any atom is -0.307 e. The highest BCUT2D eigenvalue weighted by atomic mass is 15.1. The third-order valence-corrected chi connectivity index (χ3v) is 4.29. The summed E-state index contributed by atoms with van der Waals surface area (Å²) in [6.07, 6.45) is 5.14. The first-order chi connectivity index (χ1) is 8.33. The fourth-order valence-corrected chi connectivity index (χ4v) is 3.19. The fraction of sp³-hybridized carbons (Fsp3) is 0.600. The van der Waals surface area contributed by atoms with Crippen LogP contribution in [0.15, 0.2) is 24.3 Å². The molecule has 1 saturated heterocycles. The molecule has 3 rings (SSSR count). The van der Waals surface area contributed by atoms with E-state index in [4.69, 9.17) is 0 Å². The molecule has 2 nitrogen and oxygen atoms in total. The number of benzene rings is 1. The zero-order valence-electron chi connectivity index (χ0n) is 10.7. The number of likely N-dealkylation sites (tertiary alicyclic amines) is 1. The quantitative estimate of drug-likeness (QED) is 0.839. The van der Waals surface area contributed by atoms with Gasteiger partial charge in [0.1, 0.15) is 0 Å². The molecule has 0 spiro atoms. The van der Waals surface area contributed by atoms with Crippen molar-refractivity contribution in [2.24, 2.45) is 0 Å². The van der Waals surface area contributed by atoms with Crippen LogP contribution in [-0.2, 0) is 6.42 Å². The first kappa shape index (κ1) is 11.2.